The lowest BCUT2D eigenvalue weighted by molar-refractivity contribution is -0.132. The summed E-state index contributed by atoms with van der Waals surface area (Å²) in [5, 5.41) is 12.5. The topological polar surface area (TPSA) is 49.3 Å². The van der Waals surface area contributed by atoms with Gasteiger partial charge in [-0.1, -0.05) is 30.7 Å². The van der Waals surface area contributed by atoms with Gasteiger partial charge < -0.3 is 10.4 Å². The highest BCUT2D eigenvalue weighted by Gasteiger charge is 2.02. The number of aliphatic carboxylic acids is 1. The summed E-state index contributed by atoms with van der Waals surface area (Å²) in [7, 11) is 0. The van der Waals surface area contributed by atoms with E-state index in [9.17, 15) is 4.79 Å². The molecule has 0 radical (unpaired) electrons. The molecular formula is C12H14ClNO2. The SMILES string of the molecule is CC/C(=C/CNc1cccc(Cl)c1)C(=O)O. The van der Waals surface area contributed by atoms with Crippen LogP contribution >= 0.6 is 11.6 Å². The van der Waals surface area contributed by atoms with Gasteiger partial charge in [-0.2, -0.15) is 0 Å². The van der Waals surface area contributed by atoms with E-state index in [-0.39, 0.29) is 0 Å². The molecule has 1 aromatic carbocycles. The first-order valence-electron chi connectivity index (χ1n) is 5.05. The molecule has 0 atom stereocenters. The van der Waals surface area contributed by atoms with Crippen molar-refractivity contribution in [1.82, 2.24) is 0 Å². The van der Waals surface area contributed by atoms with Gasteiger partial charge in [0, 0.05) is 22.8 Å². The molecule has 0 saturated carbocycles. The summed E-state index contributed by atoms with van der Waals surface area (Å²) in [6, 6.07) is 7.30. The molecule has 86 valence electrons. The van der Waals surface area contributed by atoms with Gasteiger partial charge in [0.2, 0.25) is 0 Å². The molecule has 0 aromatic heterocycles. The van der Waals surface area contributed by atoms with Crippen LogP contribution in [0.25, 0.3) is 0 Å². The molecule has 3 nitrogen and oxygen atoms in total. The average Bonchev–Trinajstić information content (AvgIpc) is 2.24. The third-order valence-electron chi connectivity index (χ3n) is 2.13. The fraction of sp³-hybridized carbons (Fsp3) is 0.250. The Morgan fingerprint density at radius 2 is 2.31 bits per heavy atom. The summed E-state index contributed by atoms with van der Waals surface area (Å²) >= 11 is 5.81. The number of anilines is 1. The van der Waals surface area contributed by atoms with Crippen LogP contribution in [-0.4, -0.2) is 17.6 Å². The minimum absolute atomic E-state index is 0.412. The lowest BCUT2D eigenvalue weighted by Crippen LogP contribution is -2.04. The summed E-state index contributed by atoms with van der Waals surface area (Å²) in [6.45, 7) is 2.30. The Kier molecular flexibility index (Phi) is 4.86. The first kappa shape index (κ1) is 12.6. The van der Waals surface area contributed by atoms with Gasteiger partial charge in [0.25, 0.3) is 0 Å². The smallest absolute Gasteiger partial charge is 0.331 e. The van der Waals surface area contributed by atoms with E-state index in [1.54, 1.807) is 18.2 Å². The number of carbonyl (C=O) groups is 1. The zero-order chi connectivity index (χ0) is 12.0. The van der Waals surface area contributed by atoms with Gasteiger partial charge in [0.05, 0.1) is 0 Å². The predicted octanol–water partition coefficient (Wildman–Crippen LogP) is 3.17. The summed E-state index contributed by atoms with van der Waals surface area (Å²) in [6.07, 6.45) is 2.19. The molecular weight excluding hydrogens is 226 g/mol. The van der Waals surface area contributed by atoms with Gasteiger partial charge in [-0.25, -0.2) is 4.79 Å². The second kappa shape index (κ2) is 6.18. The van der Waals surface area contributed by atoms with Gasteiger partial charge in [-0.3, -0.25) is 0 Å². The van der Waals surface area contributed by atoms with E-state index in [0.717, 1.165) is 5.69 Å². The minimum Gasteiger partial charge on any atom is -0.478 e. The fourth-order valence-corrected chi connectivity index (χ4v) is 1.46. The molecule has 1 rings (SSSR count). The summed E-state index contributed by atoms with van der Waals surface area (Å²) in [5.41, 5.74) is 1.29. The quantitative estimate of drug-likeness (QED) is 0.776. The van der Waals surface area contributed by atoms with Crippen molar-refractivity contribution in [2.24, 2.45) is 0 Å². The Hall–Kier alpha value is -1.48. The first-order valence-corrected chi connectivity index (χ1v) is 5.43. The number of hydrogen-bond donors (Lipinski definition) is 2. The Morgan fingerprint density at radius 3 is 2.88 bits per heavy atom. The summed E-state index contributed by atoms with van der Waals surface area (Å²) in [4.78, 5) is 10.7. The third kappa shape index (κ3) is 3.95. The zero-order valence-corrected chi connectivity index (χ0v) is 9.79. The summed E-state index contributed by atoms with van der Waals surface area (Å²) < 4.78 is 0. The van der Waals surface area contributed by atoms with Crippen LogP contribution in [0.15, 0.2) is 35.9 Å². The maximum Gasteiger partial charge on any atom is 0.331 e. The highest BCUT2D eigenvalue weighted by molar-refractivity contribution is 6.30. The van der Waals surface area contributed by atoms with Gasteiger partial charge in [0.1, 0.15) is 0 Å². The zero-order valence-electron chi connectivity index (χ0n) is 9.03. The average molecular weight is 240 g/mol. The first-order chi connectivity index (χ1) is 7.63. The molecule has 0 aliphatic heterocycles. The molecule has 0 heterocycles. The van der Waals surface area contributed by atoms with Crippen LogP contribution in [0, 0.1) is 0 Å². The number of hydrogen-bond acceptors (Lipinski definition) is 2. The second-order valence-corrected chi connectivity index (χ2v) is 3.72. The lowest BCUT2D eigenvalue weighted by Gasteiger charge is -2.04. The van der Waals surface area contributed by atoms with Crippen molar-refractivity contribution in [2.75, 3.05) is 11.9 Å². The summed E-state index contributed by atoms with van der Waals surface area (Å²) in [5.74, 6) is -0.865. The molecule has 0 fully saturated rings. The minimum atomic E-state index is -0.865. The molecule has 0 saturated heterocycles. The molecule has 1 aromatic rings. The van der Waals surface area contributed by atoms with E-state index in [2.05, 4.69) is 5.32 Å². The van der Waals surface area contributed by atoms with E-state index in [0.29, 0.717) is 23.6 Å². The van der Waals surface area contributed by atoms with E-state index < -0.39 is 5.97 Å². The van der Waals surface area contributed by atoms with E-state index in [4.69, 9.17) is 16.7 Å². The standard InChI is InChI=1S/C12H14ClNO2/c1-2-9(12(15)16)6-7-14-11-5-3-4-10(13)8-11/h3-6,8,14H,2,7H2,1H3,(H,15,16)/b9-6-. The van der Waals surface area contributed by atoms with Gasteiger partial charge in [-0.15, -0.1) is 0 Å². The molecule has 4 heteroatoms. The largest absolute Gasteiger partial charge is 0.478 e. The number of nitrogens with one attached hydrogen (secondary N) is 1. The van der Waals surface area contributed by atoms with Crippen molar-refractivity contribution >= 4 is 23.3 Å². The van der Waals surface area contributed by atoms with Gasteiger partial charge in [0.15, 0.2) is 0 Å². The van der Waals surface area contributed by atoms with Crippen LogP contribution in [0.2, 0.25) is 5.02 Å². The molecule has 0 unspecified atom stereocenters. The fourth-order valence-electron chi connectivity index (χ4n) is 1.27. The van der Waals surface area contributed by atoms with Crippen molar-refractivity contribution in [3.8, 4) is 0 Å². The number of benzene rings is 1. The van der Waals surface area contributed by atoms with Crippen LogP contribution < -0.4 is 5.32 Å². The lowest BCUT2D eigenvalue weighted by atomic mass is 10.2. The molecule has 2 N–H and O–H groups in total. The molecule has 0 aliphatic rings. The number of carboxylic acids is 1. The van der Waals surface area contributed by atoms with Crippen molar-refractivity contribution < 1.29 is 9.90 Å². The third-order valence-corrected chi connectivity index (χ3v) is 2.37. The number of rotatable bonds is 5. The van der Waals surface area contributed by atoms with Crippen LogP contribution in [0.4, 0.5) is 5.69 Å². The Bertz CT molecular complexity index is 402. The van der Waals surface area contributed by atoms with E-state index in [1.807, 2.05) is 19.1 Å². The van der Waals surface area contributed by atoms with Crippen LogP contribution in [-0.2, 0) is 4.79 Å². The Labute approximate surface area is 99.7 Å². The number of halogens is 1. The predicted molar refractivity (Wildman–Crippen MR) is 66.0 cm³/mol. The van der Waals surface area contributed by atoms with Crippen LogP contribution in [0.5, 0.6) is 0 Å². The molecule has 16 heavy (non-hydrogen) atoms. The van der Waals surface area contributed by atoms with E-state index >= 15 is 0 Å². The number of carboxylic acid groups (broad SMARTS) is 1. The van der Waals surface area contributed by atoms with Crippen molar-refractivity contribution in [2.45, 2.75) is 13.3 Å². The normalized spacial score (nSPS) is 11.2. The maximum absolute atomic E-state index is 10.7. The van der Waals surface area contributed by atoms with Crippen LogP contribution in [0.1, 0.15) is 13.3 Å². The van der Waals surface area contributed by atoms with Crippen LogP contribution in [0.3, 0.4) is 0 Å². The van der Waals surface area contributed by atoms with Crippen molar-refractivity contribution in [3.05, 3.63) is 40.9 Å². The molecule has 0 bridgehead atoms. The van der Waals surface area contributed by atoms with Gasteiger partial charge in [-0.05, 0) is 24.6 Å². The molecule has 0 spiro atoms. The molecule has 0 aliphatic carbocycles. The van der Waals surface area contributed by atoms with E-state index in [1.165, 1.54) is 0 Å². The highest BCUT2D eigenvalue weighted by atomic mass is 35.5. The monoisotopic (exact) mass is 239 g/mol. The Balaban J connectivity index is 2.55. The Morgan fingerprint density at radius 1 is 1.56 bits per heavy atom. The highest BCUT2D eigenvalue weighted by Crippen LogP contribution is 2.14. The second-order valence-electron chi connectivity index (χ2n) is 3.28. The van der Waals surface area contributed by atoms with Crippen molar-refractivity contribution in [3.63, 3.8) is 0 Å². The maximum atomic E-state index is 10.7. The van der Waals surface area contributed by atoms with Crippen molar-refractivity contribution in [1.29, 1.82) is 0 Å². The van der Waals surface area contributed by atoms with Gasteiger partial charge >= 0.3 is 5.97 Å². The molecule has 0 amide bonds.